The number of nitrogens with one attached hydrogen (secondary N) is 1. The zero-order valence-corrected chi connectivity index (χ0v) is 11.8. The van der Waals surface area contributed by atoms with Crippen molar-refractivity contribution < 1.29 is 18.0 Å². The fraction of sp³-hybridized carbons (Fsp3) is 0.533. The lowest BCUT2D eigenvalue weighted by molar-refractivity contribution is -0.137. The van der Waals surface area contributed by atoms with Gasteiger partial charge in [-0.15, -0.1) is 0 Å². The first kappa shape index (κ1) is 16.5. The van der Waals surface area contributed by atoms with Gasteiger partial charge in [0.05, 0.1) is 5.56 Å². The Morgan fingerprint density at radius 3 is 2.60 bits per heavy atom. The molecule has 0 spiro atoms. The highest BCUT2D eigenvalue weighted by Crippen LogP contribution is 2.29. The number of alkyl halides is 3. The molecule has 1 aromatic carbocycles. The van der Waals surface area contributed by atoms with Crippen molar-refractivity contribution in [3.05, 3.63) is 35.4 Å². The van der Waals surface area contributed by atoms with Crippen LogP contribution >= 0.6 is 0 Å². The van der Waals surface area contributed by atoms with Crippen LogP contribution in [0.15, 0.2) is 24.3 Å². The van der Waals surface area contributed by atoms with Crippen molar-refractivity contribution in [2.75, 3.05) is 0 Å². The van der Waals surface area contributed by atoms with E-state index < -0.39 is 17.6 Å². The minimum absolute atomic E-state index is 0.0383. The smallest absolute Gasteiger partial charge is 0.350 e. The first-order valence-corrected chi connectivity index (χ1v) is 6.82. The quantitative estimate of drug-likeness (QED) is 0.772. The maximum absolute atomic E-state index is 12.6. The SMILES string of the molecule is CCCCCC(C)NC(=O)c1cccc(C(F)(F)F)c1. The number of rotatable bonds is 6. The van der Waals surface area contributed by atoms with Crippen LogP contribution in [0.2, 0.25) is 0 Å². The summed E-state index contributed by atoms with van der Waals surface area (Å²) in [5.41, 5.74) is -0.758. The van der Waals surface area contributed by atoms with Gasteiger partial charge in [0.1, 0.15) is 0 Å². The number of hydrogen-bond donors (Lipinski definition) is 1. The van der Waals surface area contributed by atoms with E-state index in [9.17, 15) is 18.0 Å². The van der Waals surface area contributed by atoms with E-state index in [1.54, 1.807) is 0 Å². The first-order valence-electron chi connectivity index (χ1n) is 6.82. The molecule has 1 amide bonds. The van der Waals surface area contributed by atoms with Gasteiger partial charge in [0, 0.05) is 11.6 Å². The average molecular weight is 287 g/mol. The minimum atomic E-state index is -4.43. The van der Waals surface area contributed by atoms with Crippen LogP contribution in [0.4, 0.5) is 13.2 Å². The molecule has 1 atom stereocenters. The van der Waals surface area contributed by atoms with Gasteiger partial charge >= 0.3 is 6.18 Å². The van der Waals surface area contributed by atoms with Crippen LogP contribution in [0.25, 0.3) is 0 Å². The van der Waals surface area contributed by atoms with Crippen LogP contribution in [-0.2, 0) is 6.18 Å². The van der Waals surface area contributed by atoms with E-state index >= 15 is 0 Å². The lowest BCUT2D eigenvalue weighted by Gasteiger charge is -2.14. The lowest BCUT2D eigenvalue weighted by Crippen LogP contribution is -2.32. The number of amides is 1. The summed E-state index contributed by atoms with van der Waals surface area (Å²) in [6.45, 7) is 3.95. The predicted molar refractivity (Wildman–Crippen MR) is 72.5 cm³/mol. The van der Waals surface area contributed by atoms with E-state index in [1.807, 2.05) is 6.92 Å². The number of hydrogen-bond acceptors (Lipinski definition) is 1. The molecule has 2 nitrogen and oxygen atoms in total. The van der Waals surface area contributed by atoms with Crippen molar-refractivity contribution in [2.45, 2.75) is 51.7 Å². The second kappa shape index (κ2) is 7.31. The van der Waals surface area contributed by atoms with E-state index in [4.69, 9.17) is 0 Å². The molecule has 1 aromatic rings. The van der Waals surface area contributed by atoms with Crippen molar-refractivity contribution in [3.63, 3.8) is 0 Å². The van der Waals surface area contributed by atoms with Gasteiger partial charge in [-0.25, -0.2) is 0 Å². The monoisotopic (exact) mass is 287 g/mol. The van der Waals surface area contributed by atoms with Crippen LogP contribution in [-0.4, -0.2) is 11.9 Å². The molecule has 1 N–H and O–H groups in total. The topological polar surface area (TPSA) is 29.1 Å². The van der Waals surface area contributed by atoms with Crippen LogP contribution in [0, 0.1) is 0 Å². The summed E-state index contributed by atoms with van der Waals surface area (Å²) < 4.78 is 37.7. The van der Waals surface area contributed by atoms with Gasteiger partial charge in [0.15, 0.2) is 0 Å². The highest BCUT2D eigenvalue weighted by Gasteiger charge is 2.30. The molecular weight excluding hydrogens is 267 g/mol. The molecule has 0 fully saturated rings. The normalized spacial score (nSPS) is 13.1. The molecule has 0 aliphatic carbocycles. The van der Waals surface area contributed by atoms with Gasteiger partial charge in [-0.3, -0.25) is 4.79 Å². The molecule has 0 aliphatic rings. The third-order valence-electron chi connectivity index (χ3n) is 3.07. The van der Waals surface area contributed by atoms with Crippen molar-refractivity contribution in [1.82, 2.24) is 5.32 Å². The molecule has 0 bridgehead atoms. The molecule has 0 heterocycles. The molecule has 20 heavy (non-hydrogen) atoms. The second-order valence-corrected chi connectivity index (χ2v) is 4.95. The Balaban J connectivity index is 2.64. The van der Waals surface area contributed by atoms with Crippen LogP contribution in [0.1, 0.15) is 55.5 Å². The van der Waals surface area contributed by atoms with Crippen LogP contribution in [0.5, 0.6) is 0 Å². The lowest BCUT2D eigenvalue weighted by atomic mass is 10.1. The molecule has 1 unspecified atom stereocenters. The Morgan fingerprint density at radius 1 is 1.30 bits per heavy atom. The van der Waals surface area contributed by atoms with Crippen LogP contribution < -0.4 is 5.32 Å². The third kappa shape index (κ3) is 5.23. The Bertz CT molecular complexity index is 443. The average Bonchev–Trinajstić information content (AvgIpc) is 2.38. The Hall–Kier alpha value is -1.52. The van der Waals surface area contributed by atoms with E-state index in [2.05, 4.69) is 12.2 Å². The van der Waals surface area contributed by atoms with E-state index in [-0.39, 0.29) is 11.6 Å². The molecule has 1 rings (SSSR count). The van der Waals surface area contributed by atoms with Gasteiger partial charge in [-0.2, -0.15) is 13.2 Å². The number of unbranched alkanes of at least 4 members (excludes halogenated alkanes) is 2. The summed E-state index contributed by atoms with van der Waals surface area (Å²) in [6, 6.07) is 4.45. The summed E-state index contributed by atoms with van der Waals surface area (Å²) in [7, 11) is 0. The molecule has 0 radical (unpaired) electrons. The van der Waals surface area contributed by atoms with Crippen molar-refractivity contribution in [1.29, 1.82) is 0 Å². The highest BCUT2D eigenvalue weighted by molar-refractivity contribution is 5.94. The largest absolute Gasteiger partial charge is 0.416 e. The van der Waals surface area contributed by atoms with Gasteiger partial charge in [0.2, 0.25) is 0 Å². The van der Waals surface area contributed by atoms with E-state index in [1.165, 1.54) is 12.1 Å². The maximum atomic E-state index is 12.6. The van der Waals surface area contributed by atoms with Crippen molar-refractivity contribution in [2.24, 2.45) is 0 Å². The summed E-state index contributed by atoms with van der Waals surface area (Å²) in [5, 5.41) is 2.73. The number of benzene rings is 1. The molecular formula is C15H20F3NO. The molecule has 5 heteroatoms. The number of carbonyl (C=O) groups is 1. The molecule has 112 valence electrons. The maximum Gasteiger partial charge on any atom is 0.416 e. The summed E-state index contributed by atoms with van der Waals surface area (Å²) in [6.07, 6.45) is -0.416. The number of halogens is 3. The summed E-state index contributed by atoms with van der Waals surface area (Å²) in [4.78, 5) is 11.9. The van der Waals surface area contributed by atoms with Gasteiger partial charge < -0.3 is 5.32 Å². The van der Waals surface area contributed by atoms with Crippen LogP contribution in [0.3, 0.4) is 0 Å². The Kier molecular flexibility index (Phi) is 6.05. The van der Waals surface area contributed by atoms with Crippen molar-refractivity contribution in [3.8, 4) is 0 Å². The highest BCUT2D eigenvalue weighted by atomic mass is 19.4. The number of carbonyl (C=O) groups excluding carboxylic acids is 1. The zero-order chi connectivity index (χ0) is 15.2. The van der Waals surface area contributed by atoms with E-state index in [0.717, 1.165) is 37.8 Å². The Morgan fingerprint density at radius 2 is 2.00 bits per heavy atom. The summed E-state index contributed by atoms with van der Waals surface area (Å²) in [5.74, 6) is -0.458. The third-order valence-corrected chi connectivity index (χ3v) is 3.07. The fourth-order valence-electron chi connectivity index (χ4n) is 1.92. The molecule has 0 aromatic heterocycles. The Labute approximate surface area is 117 Å². The molecule has 0 saturated heterocycles. The van der Waals surface area contributed by atoms with Crippen molar-refractivity contribution >= 4 is 5.91 Å². The fourth-order valence-corrected chi connectivity index (χ4v) is 1.92. The second-order valence-electron chi connectivity index (χ2n) is 4.95. The molecule has 0 aliphatic heterocycles. The molecule has 0 saturated carbocycles. The minimum Gasteiger partial charge on any atom is -0.350 e. The van der Waals surface area contributed by atoms with Gasteiger partial charge in [0.25, 0.3) is 5.91 Å². The van der Waals surface area contributed by atoms with Gasteiger partial charge in [-0.1, -0.05) is 32.3 Å². The predicted octanol–water partition coefficient (Wildman–Crippen LogP) is 4.40. The standard InChI is InChI=1S/C15H20F3NO/c1-3-4-5-7-11(2)19-14(20)12-8-6-9-13(10-12)15(16,17)18/h6,8-11H,3-5,7H2,1-2H3,(H,19,20). The van der Waals surface area contributed by atoms with E-state index in [0.29, 0.717) is 0 Å². The van der Waals surface area contributed by atoms with Gasteiger partial charge in [-0.05, 0) is 31.5 Å². The first-order chi connectivity index (χ1) is 9.34. The zero-order valence-electron chi connectivity index (χ0n) is 11.8. The summed E-state index contributed by atoms with van der Waals surface area (Å²) >= 11 is 0.